The molecule has 0 atom stereocenters. The van der Waals surface area contributed by atoms with Gasteiger partial charge in [-0.05, 0) is 69.6 Å². The predicted molar refractivity (Wildman–Crippen MR) is 92.5 cm³/mol. The molecule has 1 heterocycles. The number of benzene rings is 1. The van der Waals surface area contributed by atoms with Crippen LogP contribution in [-0.2, 0) is 4.79 Å². The highest BCUT2D eigenvalue weighted by atomic mass is 35.5. The molecule has 1 aromatic rings. The minimum Gasteiger partial charge on any atom is -0.324 e. The number of nitrogens with one attached hydrogen (secondary N) is 2. The first-order valence-electron chi connectivity index (χ1n) is 8.07. The van der Waals surface area contributed by atoms with Gasteiger partial charge in [-0.15, -0.1) is 0 Å². The Morgan fingerprint density at radius 2 is 2.09 bits per heavy atom. The molecular formula is C17H26ClN3O. The molecule has 1 aromatic carbocycles. The highest BCUT2D eigenvalue weighted by Gasteiger charge is 2.20. The fourth-order valence-electron chi connectivity index (χ4n) is 2.81. The van der Waals surface area contributed by atoms with Crippen molar-refractivity contribution in [2.75, 3.05) is 38.0 Å². The van der Waals surface area contributed by atoms with E-state index in [2.05, 4.69) is 22.5 Å². The molecule has 2 N–H and O–H groups in total. The molecule has 0 bridgehead atoms. The summed E-state index contributed by atoms with van der Waals surface area (Å²) in [6.45, 7) is 8.66. The van der Waals surface area contributed by atoms with Gasteiger partial charge in [0.2, 0.25) is 5.91 Å². The van der Waals surface area contributed by atoms with Gasteiger partial charge in [-0.25, -0.2) is 0 Å². The SMILES string of the molecule is CCNCC1CCN(CC(=O)Nc2ccc(C)cc2Cl)CC1. The Bertz CT molecular complexity index is 499. The lowest BCUT2D eigenvalue weighted by Gasteiger charge is -2.31. The summed E-state index contributed by atoms with van der Waals surface area (Å²) in [6, 6.07) is 5.68. The fraction of sp³-hybridized carbons (Fsp3) is 0.588. The Kier molecular flexibility index (Phi) is 6.68. The summed E-state index contributed by atoms with van der Waals surface area (Å²) in [5.74, 6) is 0.752. The van der Waals surface area contributed by atoms with E-state index in [1.165, 1.54) is 0 Å². The fourth-order valence-corrected chi connectivity index (χ4v) is 3.09. The molecule has 0 saturated carbocycles. The topological polar surface area (TPSA) is 44.4 Å². The molecular weight excluding hydrogens is 298 g/mol. The Balaban J connectivity index is 1.76. The summed E-state index contributed by atoms with van der Waals surface area (Å²) < 4.78 is 0. The lowest BCUT2D eigenvalue weighted by Crippen LogP contribution is -2.41. The van der Waals surface area contributed by atoms with Gasteiger partial charge in [-0.3, -0.25) is 9.69 Å². The first-order valence-corrected chi connectivity index (χ1v) is 8.45. The second-order valence-electron chi connectivity index (χ2n) is 6.06. The Morgan fingerprint density at radius 3 is 2.73 bits per heavy atom. The number of hydrogen-bond acceptors (Lipinski definition) is 3. The molecule has 1 aliphatic rings. The third kappa shape index (κ3) is 5.27. The van der Waals surface area contributed by atoms with Crippen molar-refractivity contribution >= 4 is 23.2 Å². The molecule has 0 unspecified atom stereocenters. The van der Waals surface area contributed by atoms with E-state index in [1.807, 2.05) is 25.1 Å². The Labute approximate surface area is 138 Å². The molecule has 1 aliphatic heterocycles. The summed E-state index contributed by atoms with van der Waals surface area (Å²) in [5, 5.41) is 6.90. The van der Waals surface area contributed by atoms with Crippen LogP contribution >= 0.6 is 11.6 Å². The van der Waals surface area contributed by atoms with E-state index in [4.69, 9.17) is 11.6 Å². The second-order valence-corrected chi connectivity index (χ2v) is 6.47. The number of nitrogens with zero attached hydrogens (tertiary/aromatic N) is 1. The van der Waals surface area contributed by atoms with Crippen molar-refractivity contribution in [1.82, 2.24) is 10.2 Å². The summed E-state index contributed by atoms with van der Waals surface area (Å²) in [5.41, 5.74) is 1.78. The average Bonchev–Trinajstić information content (AvgIpc) is 2.49. The molecule has 0 radical (unpaired) electrons. The van der Waals surface area contributed by atoms with Crippen molar-refractivity contribution in [3.8, 4) is 0 Å². The highest BCUT2D eigenvalue weighted by Crippen LogP contribution is 2.23. The van der Waals surface area contributed by atoms with Crippen molar-refractivity contribution in [3.05, 3.63) is 28.8 Å². The molecule has 0 aliphatic carbocycles. The maximum Gasteiger partial charge on any atom is 0.238 e. The highest BCUT2D eigenvalue weighted by molar-refractivity contribution is 6.33. The minimum atomic E-state index is 0.0101. The summed E-state index contributed by atoms with van der Waals surface area (Å²) in [7, 11) is 0. The number of carbonyl (C=O) groups is 1. The smallest absolute Gasteiger partial charge is 0.238 e. The maximum absolute atomic E-state index is 12.1. The lowest BCUT2D eigenvalue weighted by molar-refractivity contribution is -0.117. The number of carbonyl (C=O) groups excluding carboxylic acids is 1. The van der Waals surface area contributed by atoms with E-state index in [-0.39, 0.29) is 5.91 Å². The number of anilines is 1. The van der Waals surface area contributed by atoms with Crippen LogP contribution in [0.5, 0.6) is 0 Å². The number of rotatable bonds is 6. The van der Waals surface area contributed by atoms with Gasteiger partial charge in [-0.1, -0.05) is 24.6 Å². The van der Waals surface area contributed by atoms with Crippen LogP contribution < -0.4 is 10.6 Å². The normalized spacial score (nSPS) is 16.7. The van der Waals surface area contributed by atoms with Gasteiger partial charge in [-0.2, -0.15) is 0 Å². The van der Waals surface area contributed by atoms with Gasteiger partial charge in [0.05, 0.1) is 17.3 Å². The summed E-state index contributed by atoms with van der Waals surface area (Å²) in [4.78, 5) is 14.4. The standard InChI is InChI=1S/C17H26ClN3O/c1-3-19-11-14-6-8-21(9-7-14)12-17(22)20-16-5-4-13(2)10-15(16)18/h4-5,10,14,19H,3,6-9,11-12H2,1-2H3,(H,20,22). The molecule has 1 amide bonds. The van der Waals surface area contributed by atoms with Crippen molar-refractivity contribution in [1.29, 1.82) is 0 Å². The molecule has 5 heteroatoms. The minimum absolute atomic E-state index is 0.0101. The Morgan fingerprint density at radius 1 is 1.36 bits per heavy atom. The van der Waals surface area contributed by atoms with Gasteiger partial charge in [0.25, 0.3) is 0 Å². The van der Waals surface area contributed by atoms with E-state index in [0.717, 1.165) is 50.5 Å². The van der Waals surface area contributed by atoms with Gasteiger partial charge in [0, 0.05) is 0 Å². The van der Waals surface area contributed by atoms with E-state index in [0.29, 0.717) is 17.3 Å². The van der Waals surface area contributed by atoms with Crippen LogP contribution in [0.3, 0.4) is 0 Å². The molecule has 2 rings (SSSR count). The molecule has 4 nitrogen and oxygen atoms in total. The van der Waals surface area contributed by atoms with Crippen LogP contribution in [0.4, 0.5) is 5.69 Å². The number of hydrogen-bond donors (Lipinski definition) is 2. The number of amides is 1. The third-order valence-electron chi connectivity index (χ3n) is 4.16. The maximum atomic E-state index is 12.1. The average molecular weight is 324 g/mol. The van der Waals surface area contributed by atoms with Gasteiger partial charge < -0.3 is 10.6 Å². The second kappa shape index (κ2) is 8.51. The third-order valence-corrected chi connectivity index (χ3v) is 4.47. The number of piperidine rings is 1. The van der Waals surface area contributed by atoms with E-state index >= 15 is 0 Å². The van der Waals surface area contributed by atoms with Crippen LogP contribution in [0.1, 0.15) is 25.3 Å². The van der Waals surface area contributed by atoms with Crippen molar-refractivity contribution in [2.24, 2.45) is 5.92 Å². The predicted octanol–water partition coefficient (Wildman–Crippen LogP) is 2.91. The number of halogens is 1. The molecule has 22 heavy (non-hydrogen) atoms. The van der Waals surface area contributed by atoms with E-state index < -0.39 is 0 Å². The van der Waals surface area contributed by atoms with Gasteiger partial charge in [0.1, 0.15) is 0 Å². The molecule has 1 fully saturated rings. The zero-order valence-corrected chi connectivity index (χ0v) is 14.2. The summed E-state index contributed by atoms with van der Waals surface area (Å²) in [6.07, 6.45) is 2.32. The van der Waals surface area contributed by atoms with Crippen LogP contribution in [-0.4, -0.2) is 43.5 Å². The number of likely N-dealkylation sites (tertiary alicyclic amines) is 1. The van der Waals surface area contributed by atoms with Crippen molar-refractivity contribution < 1.29 is 4.79 Å². The van der Waals surface area contributed by atoms with E-state index in [1.54, 1.807) is 0 Å². The first kappa shape index (κ1) is 17.3. The van der Waals surface area contributed by atoms with E-state index in [9.17, 15) is 4.79 Å². The molecule has 122 valence electrons. The number of aryl methyl sites for hydroxylation is 1. The Hall–Kier alpha value is -1.10. The zero-order valence-electron chi connectivity index (χ0n) is 13.5. The van der Waals surface area contributed by atoms with Crippen LogP contribution in [0.15, 0.2) is 18.2 Å². The van der Waals surface area contributed by atoms with Crippen LogP contribution in [0, 0.1) is 12.8 Å². The van der Waals surface area contributed by atoms with Gasteiger partial charge >= 0.3 is 0 Å². The van der Waals surface area contributed by atoms with Crippen molar-refractivity contribution in [2.45, 2.75) is 26.7 Å². The van der Waals surface area contributed by atoms with Crippen LogP contribution in [0.2, 0.25) is 5.02 Å². The molecule has 0 aromatic heterocycles. The van der Waals surface area contributed by atoms with Crippen LogP contribution in [0.25, 0.3) is 0 Å². The molecule has 1 saturated heterocycles. The van der Waals surface area contributed by atoms with Gasteiger partial charge in [0.15, 0.2) is 0 Å². The quantitative estimate of drug-likeness (QED) is 0.846. The van der Waals surface area contributed by atoms with Crippen molar-refractivity contribution in [3.63, 3.8) is 0 Å². The summed E-state index contributed by atoms with van der Waals surface area (Å²) >= 11 is 6.15. The first-order chi connectivity index (χ1) is 10.6. The zero-order chi connectivity index (χ0) is 15.9. The largest absolute Gasteiger partial charge is 0.324 e. The monoisotopic (exact) mass is 323 g/mol. The molecule has 0 spiro atoms. The lowest BCUT2D eigenvalue weighted by atomic mass is 9.97.